The monoisotopic (exact) mass is 556 g/mol. The zero-order valence-electron chi connectivity index (χ0n) is 21.9. The number of rotatable bonds is 5. The van der Waals surface area contributed by atoms with E-state index in [1.807, 2.05) is 38.4 Å². The summed E-state index contributed by atoms with van der Waals surface area (Å²) < 4.78 is 0.885. The van der Waals surface area contributed by atoms with E-state index in [1.54, 1.807) is 5.01 Å². The minimum absolute atomic E-state index is 0.0698. The number of amides is 1. The first kappa shape index (κ1) is 25.3. The van der Waals surface area contributed by atoms with Gasteiger partial charge in [0.1, 0.15) is 0 Å². The molecule has 0 aromatic heterocycles. The summed E-state index contributed by atoms with van der Waals surface area (Å²) in [5, 5.41) is 6.79. The molecular weight excluding hydrogens is 524 g/mol. The average molecular weight is 558 g/mol. The van der Waals surface area contributed by atoms with E-state index < -0.39 is 0 Å². The lowest BCUT2D eigenvalue weighted by Gasteiger charge is -2.30. The Bertz CT molecular complexity index is 1340. The number of nitrogens with zero attached hydrogens (tertiary/aromatic N) is 4. The Labute approximate surface area is 228 Å². The molecule has 5 nitrogen and oxygen atoms in total. The summed E-state index contributed by atoms with van der Waals surface area (Å²) in [7, 11) is 8.18. The molecule has 0 unspecified atom stereocenters. The second-order valence-corrected chi connectivity index (χ2v) is 11.1. The predicted octanol–water partition coefficient (Wildman–Crippen LogP) is 7.02. The van der Waals surface area contributed by atoms with Gasteiger partial charge in [0, 0.05) is 55.5 Å². The molecule has 190 valence electrons. The molecule has 0 saturated heterocycles. The molecule has 0 N–H and O–H groups in total. The van der Waals surface area contributed by atoms with Crippen molar-refractivity contribution in [2.24, 2.45) is 11.0 Å². The van der Waals surface area contributed by atoms with Crippen molar-refractivity contribution in [1.29, 1.82) is 0 Å². The van der Waals surface area contributed by atoms with Crippen molar-refractivity contribution in [2.45, 2.75) is 25.3 Å². The zero-order chi connectivity index (χ0) is 26.1. The van der Waals surface area contributed by atoms with E-state index in [-0.39, 0.29) is 17.9 Å². The van der Waals surface area contributed by atoms with Gasteiger partial charge in [-0.2, -0.15) is 5.10 Å². The molecule has 1 aliphatic heterocycles. The van der Waals surface area contributed by atoms with Crippen LogP contribution in [-0.2, 0) is 0 Å². The summed E-state index contributed by atoms with van der Waals surface area (Å²) >= 11 is 3.52. The summed E-state index contributed by atoms with van der Waals surface area (Å²) in [6.45, 7) is 0. The third-order valence-corrected chi connectivity index (χ3v) is 7.78. The lowest BCUT2D eigenvalue weighted by atomic mass is 9.77. The highest BCUT2D eigenvalue weighted by Crippen LogP contribution is 2.45. The van der Waals surface area contributed by atoms with E-state index in [9.17, 15) is 4.79 Å². The van der Waals surface area contributed by atoms with Gasteiger partial charge in [0.25, 0.3) is 5.91 Å². The predicted molar refractivity (Wildman–Crippen MR) is 157 cm³/mol. The van der Waals surface area contributed by atoms with Crippen molar-refractivity contribution in [1.82, 2.24) is 5.01 Å². The highest BCUT2D eigenvalue weighted by molar-refractivity contribution is 9.10. The summed E-state index contributed by atoms with van der Waals surface area (Å²) in [4.78, 5) is 18.0. The van der Waals surface area contributed by atoms with Crippen LogP contribution in [0.5, 0.6) is 0 Å². The molecule has 0 spiro atoms. The highest BCUT2D eigenvalue weighted by atomic mass is 79.9. The molecule has 5 rings (SSSR count). The molecular formula is C31H33BrN4O. The fourth-order valence-electron chi connectivity index (χ4n) is 5.29. The Morgan fingerprint density at radius 3 is 2.22 bits per heavy atom. The lowest BCUT2D eigenvalue weighted by molar-refractivity contribution is 0.0681. The maximum atomic E-state index is 13.8. The number of halogens is 1. The molecule has 3 aromatic carbocycles. The molecule has 0 bridgehead atoms. The van der Waals surface area contributed by atoms with Crippen LogP contribution in [0.2, 0.25) is 0 Å². The first-order valence-corrected chi connectivity index (χ1v) is 13.5. The van der Waals surface area contributed by atoms with Crippen LogP contribution in [0, 0.1) is 5.92 Å². The Balaban J connectivity index is 1.55. The minimum atomic E-state index is -0.127. The van der Waals surface area contributed by atoms with Gasteiger partial charge in [-0.05, 0) is 84.5 Å². The standard InChI is InChI=1S/C31H33BrN4O/c1-34(2)26-15-11-21(12-16-26)19-23-7-6-10-28-29(23)33-36(31(37)24-8-5-9-25(32)20-24)30(28)22-13-17-27(18-14-22)35(3)4/h5,8-9,11-20,28,30H,6-7,10H2,1-4H3/b23-19-/t28-,30-/m1/s1. The van der Waals surface area contributed by atoms with Crippen molar-refractivity contribution < 1.29 is 4.79 Å². The molecule has 1 saturated carbocycles. The molecule has 6 heteroatoms. The van der Waals surface area contributed by atoms with Gasteiger partial charge in [-0.3, -0.25) is 4.79 Å². The Morgan fingerprint density at radius 2 is 1.59 bits per heavy atom. The lowest BCUT2D eigenvalue weighted by Crippen LogP contribution is -2.32. The number of anilines is 2. The van der Waals surface area contributed by atoms with E-state index in [2.05, 4.69) is 94.4 Å². The van der Waals surface area contributed by atoms with E-state index >= 15 is 0 Å². The second-order valence-electron chi connectivity index (χ2n) is 10.2. The molecule has 1 fully saturated rings. The summed E-state index contributed by atoms with van der Waals surface area (Å²) in [6, 6.07) is 24.6. The molecule has 1 amide bonds. The molecule has 2 atom stereocenters. The molecule has 3 aromatic rings. The van der Waals surface area contributed by atoms with Crippen LogP contribution in [0.4, 0.5) is 11.4 Å². The fraction of sp³-hybridized carbons (Fsp3) is 0.290. The van der Waals surface area contributed by atoms with Crippen molar-refractivity contribution in [3.63, 3.8) is 0 Å². The van der Waals surface area contributed by atoms with E-state index in [0.717, 1.165) is 46.3 Å². The number of benzene rings is 3. The van der Waals surface area contributed by atoms with Gasteiger partial charge in [0.15, 0.2) is 0 Å². The average Bonchev–Trinajstić information content (AvgIpc) is 3.29. The third kappa shape index (κ3) is 5.21. The van der Waals surface area contributed by atoms with Crippen molar-refractivity contribution in [3.05, 3.63) is 99.5 Å². The maximum Gasteiger partial charge on any atom is 0.274 e. The second kappa shape index (κ2) is 10.5. The summed E-state index contributed by atoms with van der Waals surface area (Å²) in [5.41, 5.74) is 7.51. The molecule has 37 heavy (non-hydrogen) atoms. The number of allylic oxidation sites excluding steroid dienone is 1. The van der Waals surface area contributed by atoms with Crippen LogP contribution in [0.1, 0.15) is 46.8 Å². The molecule has 0 radical (unpaired) electrons. The Morgan fingerprint density at radius 1 is 0.946 bits per heavy atom. The van der Waals surface area contributed by atoms with Gasteiger partial charge in [-0.25, -0.2) is 5.01 Å². The summed E-state index contributed by atoms with van der Waals surface area (Å²) in [5.74, 6) is 0.0990. The number of hydrogen-bond donors (Lipinski definition) is 0. The van der Waals surface area contributed by atoms with Crippen molar-refractivity contribution in [2.75, 3.05) is 38.0 Å². The zero-order valence-corrected chi connectivity index (χ0v) is 23.4. The van der Waals surface area contributed by atoms with E-state index in [0.29, 0.717) is 5.56 Å². The Kier molecular flexibility index (Phi) is 7.20. The molecule has 1 aliphatic carbocycles. The third-order valence-electron chi connectivity index (χ3n) is 7.28. The van der Waals surface area contributed by atoms with Crippen LogP contribution in [0.3, 0.4) is 0 Å². The van der Waals surface area contributed by atoms with Crippen molar-refractivity contribution in [3.8, 4) is 0 Å². The first-order chi connectivity index (χ1) is 17.8. The van der Waals surface area contributed by atoms with E-state index in [1.165, 1.54) is 11.3 Å². The Hall–Kier alpha value is -3.38. The normalized spacial score (nSPS) is 20.0. The minimum Gasteiger partial charge on any atom is -0.378 e. The van der Waals surface area contributed by atoms with Gasteiger partial charge in [-0.1, -0.05) is 46.3 Å². The molecule has 1 heterocycles. The van der Waals surface area contributed by atoms with Gasteiger partial charge in [0.05, 0.1) is 11.8 Å². The number of fused-ring (bicyclic) bond motifs is 1. The van der Waals surface area contributed by atoms with Gasteiger partial charge in [-0.15, -0.1) is 0 Å². The van der Waals surface area contributed by atoms with E-state index in [4.69, 9.17) is 5.10 Å². The topological polar surface area (TPSA) is 39.1 Å². The molecule has 2 aliphatic rings. The SMILES string of the molecule is CN(C)c1ccc(/C=C2/CCC[C@@H]3C2=NN(C(=O)c2cccc(Br)c2)[C@@H]3c2ccc(N(C)C)cc2)cc1. The largest absolute Gasteiger partial charge is 0.378 e. The number of hydrazone groups is 1. The van der Waals surface area contributed by atoms with Crippen LogP contribution in [-0.4, -0.2) is 44.8 Å². The van der Waals surface area contributed by atoms with Crippen LogP contribution < -0.4 is 9.80 Å². The van der Waals surface area contributed by atoms with Gasteiger partial charge >= 0.3 is 0 Å². The fourth-order valence-corrected chi connectivity index (χ4v) is 5.69. The van der Waals surface area contributed by atoms with Gasteiger partial charge < -0.3 is 9.80 Å². The van der Waals surface area contributed by atoms with Crippen LogP contribution in [0.25, 0.3) is 6.08 Å². The maximum absolute atomic E-state index is 13.8. The summed E-state index contributed by atoms with van der Waals surface area (Å²) in [6.07, 6.45) is 5.31. The smallest absolute Gasteiger partial charge is 0.274 e. The number of hydrogen-bond acceptors (Lipinski definition) is 4. The quantitative estimate of drug-likeness (QED) is 0.339. The highest BCUT2D eigenvalue weighted by Gasteiger charge is 2.44. The number of carbonyl (C=O) groups is 1. The van der Waals surface area contributed by atoms with Crippen LogP contribution in [0.15, 0.2) is 87.9 Å². The van der Waals surface area contributed by atoms with Crippen molar-refractivity contribution >= 4 is 45.0 Å². The number of carbonyl (C=O) groups excluding carboxylic acids is 1. The van der Waals surface area contributed by atoms with Gasteiger partial charge in [0.2, 0.25) is 0 Å². The van der Waals surface area contributed by atoms with Crippen LogP contribution >= 0.6 is 15.9 Å². The first-order valence-electron chi connectivity index (χ1n) is 12.7.